The smallest absolute Gasteiger partial charge is 0.262 e. The topological polar surface area (TPSA) is 68.2 Å². The Bertz CT molecular complexity index is 1300. The van der Waals surface area contributed by atoms with Crippen LogP contribution in [0.1, 0.15) is 97.8 Å². The maximum atomic E-state index is 13.4. The average Bonchev–Trinajstić information content (AvgIpc) is 3.55. The van der Waals surface area contributed by atoms with Gasteiger partial charge in [0, 0.05) is 47.0 Å². The number of fused-ring (bicyclic) bond motifs is 1. The molecule has 0 saturated heterocycles. The third-order valence-corrected chi connectivity index (χ3v) is 8.32. The van der Waals surface area contributed by atoms with Crippen LogP contribution in [-0.2, 0) is 16.0 Å². The van der Waals surface area contributed by atoms with Crippen molar-refractivity contribution in [2.24, 2.45) is 5.92 Å². The lowest BCUT2D eigenvalue weighted by molar-refractivity contribution is -0.124. The summed E-state index contributed by atoms with van der Waals surface area (Å²) in [7, 11) is 0. The van der Waals surface area contributed by atoms with Crippen LogP contribution >= 0.6 is 11.6 Å². The van der Waals surface area contributed by atoms with Crippen LogP contribution in [-0.4, -0.2) is 28.7 Å². The van der Waals surface area contributed by atoms with Crippen LogP contribution in [0.25, 0.3) is 10.9 Å². The summed E-state index contributed by atoms with van der Waals surface area (Å²) in [5.74, 6) is 0.590. The Kier molecular flexibility index (Phi) is 10.4. The molecule has 6 heteroatoms. The van der Waals surface area contributed by atoms with Gasteiger partial charge in [0.1, 0.15) is 5.78 Å². The van der Waals surface area contributed by atoms with Crippen molar-refractivity contribution in [3.05, 3.63) is 69.9 Å². The molecule has 1 N–H and O–H groups in total. The number of hydrogen-bond acceptors (Lipinski definition) is 3. The highest BCUT2D eigenvalue weighted by molar-refractivity contribution is 6.30. The lowest BCUT2D eigenvalue weighted by Gasteiger charge is -2.10. The summed E-state index contributed by atoms with van der Waals surface area (Å²) in [6, 6.07) is 13.0. The molecule has 1 aliphatic rings. The minimum Gasteiger partial charge on any atom is -0.356 e. The maximum Gasteiger partial charge on any atom is 0.262 e. The van der Waals surface area contributed by atoms with Crippen molar-refractivity contribution in [1.29, 1.82) is 0 Å². The molecule has 1 amide bonds. The van der Waals surface area contributed by atoms with Gasteiger partial charge < -0.3 is 5.32 Å². The van der Waals surface area contributed by atoms with Crippen LogP contribution in [0.15, 0.2) is 42.5 Å². The number of carbonyl (C=O) groups excluding carboxylic acids is 3. The van der Waals surface area contributed by atoms with Crippen LogP contribution in [0.4, 0.5) is 0 Å². The minimum atomic E-state index is -0.116. The van der Waals surface area contributed by atoms with E-state index in [2.05, 4.69) is 11.4 Å². The molecule has 0 radical (unpaired) electrons. The van der Waals surface area contributed by atoms with Gasteiger partial charge in [-0.25, -0.2) is 0 Å². The average molecular weight is 549 g/mol. The predicted molar refractivity (Wildman–Crippen MR) is 159 cm³/mol. The summed E-state index contributed by atoms with van der Waals surface area (Å²) < 4.78 is 1.73. The first kappa shape index (κ1) is 29.1. The number of aromatic nitrogens is 1. The normalized spacial score (nSPS) is 13.7. The molecular weight excluding hydrogens is 508 g/mol. The van der Waals surface area contributed by atoms with Crippen molar-refractivity contribution in [3.63, 3.8) is 0 Å². The van der Waals surface area contributed by atoms with Crippen molar-refractivity contribution in [2.45, 2.75) is 90.9 Å². The molecule has 0 bridgehead atoms. The summed E-state index contributed by atoms with van der Waals surface area (Å²) in [5, 5.41) is 4.66. The van der Waals surface area contributed by atoms with E-state index < -0.39 is 0 Å². The fourth-order valence-corrected chi connectivity index (χ4v) is 5.91. The molecular formula is C33H41ClN2O3. The highest BCUT2D eigenvalue weighted by Gasteiger charge is 2.22. The minimum absolute atomic E-state index is 0.116. The Labute approximate surface area is 237 Å². The van der Waals surface area contributed by atoms with Gasteiger partial charge in [-0.1, -0.05) is 61.8 Å². The van der Waals surface area contributed by atoms with E-state index in [0.717, 1.165) is 85.6 Å². The fraction of sp³-hybridized carbons (Fsp3) is 0.485. The number of benzene rings is 2. The number of nitrogens with zero attached hydrogens (tertiary/aromatic N) is 1. The number of unbranched alkanes of at least 4 members (excludes halogenated alkanes) is 5. The monoisotopic (exact) mass is 548 g/mol. The Hall–Kier alpha value is -2.92. The maximum absolute atomic E-state index is 13.4. The number of rotatable bonds is 13. The number of hydrogen-bond donors (Lipinski definition) is 1. The highest BCUT2D eigenvalue weighted by atomic mass is 35.5. The molecule has 3 aromatic rings. The summed E-state index contributed by atoms with van der Waals surface area (Å²) >= 11 is 6.02. The summed E-state index contributed by atoms with van der Waals surface area (Å²) in [5.41, 5.74) is 4.27. The summed E-state index contributed by atoms with van der Waals surface area (Å²) in [6.45, 7) is 4.74. The van der Waals surface area contributed by atoms with Crippen LogP contribution in [0.2, 0.25) is 5.02 Å². The molecule has 1 saturated carbocycles. The van der Waals surface area contributed by atoms with Gasteiger partial charge in [0.2, 0.25) is 5.91 Å². The number of carbonyl (C=O) groups is 3. The van der Waals surface area contributed by atoms with Gasteiger partial charge in [0.15, 0.2) is 0 Å². The lowest BCUT2D eigenvalue weighted by Crippen LogP contribution is -2.30. The van der Waals surface area contributed by atoms with Gasteiger partial charge in [0.05, 0.1) is 5.52 Å². The quantitative estimate of drug-likeness (QED) is 0.222. The molecule has 0 unspecified atom stereocenters. The third kappa shape index (κ3) is 7.60. The molecule has 4 rings (SSSR count). The Balaban J connectivity index is 1.25. The second kappa shape index (κ2) is 13.9. The number of amides is 1. The molecule has 1 fully saturated rings. The van der Waals surface area contributed by atoms with Gasteiger partial charge in [-0.05, 0) is 81.5 Å². The van der Waals surface area contributed by atoms with Gasteiger partial charge in [0.25, 0.3) is 5.91 Å². The molecule has 1 heterocycles. The molecule has 1 aromatic heterocycles. The van der Waals surface area contributed by atoms with Crippen LogP contribution in [0.5, 0.6) is 0 Å². The van der Waals surface area contributed by atoms with E-state index >= 15 is 0 Å². The third-order valence-electron chi connectivity index (χ3n) is 8.07. The van der Waals surface area contributed by atoms with Gasteiger partial charge in [-0.2, -0.15) is 0 Å². The molecule has 2 aromatic carbocycles. The zero-order valence-electron chi connectivity index (χ0n) is 23.4. The van der Waals surface area contributed by atoms with Crippen molar-refractivity contribution in [3.8, 4) is 0 Å². The van der Waals surface area contributed by atoms with E-state index in [1.165, 1.54) is 12.8 Å². The fourth-order valence-electron chi connectivity index (χ4n) is 5.79. The zero-order chi connectivity index (χ0) is 27.8. The van der Waals surface area contributed by atoms with Crippen molar-refractivity contribution in [1.82, 2.24) is 9.88 Å². The predicted octanol–water partition coefficient (Wildman–Crippen LogP) is 7.75. The second-order valence-corrected chi connectivity index (χ2v) is 11.5. The van der Waals surface area contributed by atoms with Gasteiger partial charge in [-0.15, -0.1) is 0 Å². The lowest BCUT2D eigenvalue weighted by atomic mass is 10.00. The number of nitrogens with one attached hydrogen (secondary N) is 1. The first-order valence-corrected chi connectivity index (χ1v) is 14.9. The van der Waals surface area contributed by atoms with Crippen molar-refractivity contribution >= 4 is 40.1 Å². The Morgan fingerprint density at radius 2 is 1.56 bits per heavy atom. The largest absolute Gasteiger partial charge is 0.356 e. The molecule has 0 aliphatic heterocycles. The van der Waals surface area contributed by atoms with E-state index in [-0.39, 0.29) is 23.5 Å². The second-order valence-electron chi connectivity index (χ2n) is 11.1. The molecule has 39 heavy (non-hydrogen) atoms. The SMILES string of the molecule is Cc1ccc2c(c1)c(CC(=O)CCCCCCCCNC(=O)C1CCCC1)c(C)n2C(=O)c1ccc(Cl)cc1. The Morgan fingerprint density at radius 1 is 0.897 bits per heavy atom. The van der Waals surface area contributed by atoms with Crippen LogP contribution in [0, 0.1) is 19.8 Å². The first-order chi connectivity index (χ1) is 18.8. The van der Waals surface area contributed by atoms with Crippen LogP contribution < -0.4 is 5.32 Å². The Morgan fingerprint density at radius 3 is 2.28 bits per heavy atom. The van der Waals surface area contributed by atoms with E-state index in [1.54, 1.807) is 28.8 Å². The van der Waals surface area contributed by atoms with Crippen molar-refractivity contribution in [2.75, 3.05) is 6.54 Å². The summed E-state index contributed by atoms with van der Waals surface area (Å²) in [6.07, 6.45) is 11.7. The molecule has 208 valence electrons. The molecule has 0 atom stereocenters. The highest BCUT2D eigenvalue weighted by Crippen LogP contribution is 2.29. The zero-order valence-corrected chi connectivity index (χ0v) is 24.1. The van der Waals surface area contributed by atoms with Crippen LogP contribution in [0.3, 0.4) is 0 Å². The molecule has 5 nitrogen and oxygen atoms in total. The van der Waals surface area contributed by atoms with E-state index in [9.17, 15) is 14.4 Å². The van der Waals surface area contributed by atoms with E-state index in [1.807, 2.05) is 26.0 Å². The van der Waals surface area contributed by atoms with Gasteiger partial charge >= 0.3 is 0 Å². The van der Waals surface area contributed by atoms with E-state index in [0.29, 0.717) is 23.4 Å². The standard InChI is InChI=1S/C33H41ClN2O3/c1-23-14-19-31-30(21-23)29(24(2)36(31)33(39)26-15-17-27(34)18-16-26)22-28(37)13-7-5-3-4-6-10-20-35-32(38)25-11-8-9-12-25/h14-19,21,25H,3-13,20,22H2,1-2H3,(H,35,38). The van der Waals surface area contributed by atoms with E-state index in [4.69, 9.17) is 11.6 Å². The number of aryl methyl sites for hydroxylation is 1. The first-order valence-electron chi connectivity index (χ1n) is 14.6. The molecule has 0 spiro atoms. The molecule has 1 aliphatic carbocycles. The summed E-state index contributed by atoms with van der Waals surface area (Å²) in [4.78, 5) is 38.5. The number of halogens is 1. The number of ketones is 1. The number of Topliss-reactive ketones (excluding diaryl/α,β-unsaturated/α-hetero) is 1. The van der Waals surface area contributed by atoms with Gasteiger partial charge in [-0.3, -0.25) is 19.0 Å². The van der Waals surface area contributed by atoms with Crippen molar-refractivity contribution < 1.29 is 14.4 Å².